The highest BCUT2D eigenvalue weighted by Gasteiger charge is 2.23. The zero-order chi connectivity index (χ0) is 27.2. The Labute approximate surface area is 231 Å². The van der Waals surface area contributed by atoms with Crippen LogP contribution in [0.15, 0.2) is 72.9 Å². The molecule has 1 saturated heterocycles. The number of ether oxygens (including phenoxy) is 2. The first kappa shape index (κ1) is 26.8. The fourth-order valence-electron chi connectivity index (χ4n) is 5.88. The van der Waals surface area contributed by atoms with Gasteiger partial charge < -0.3 is 24.3 Å². The molecule has 0 radical (unpaired) electrons. The number of amides is 1. The minimum atomic E-state index is -0.0630. The van der Waals surface area contributed by atoms with E-state index in [-0.39, 0.29) is 5.91 Å². The Hall–Kier alpha value is -3.77. The van der Waals surface area contributed by atoms with Gasteiger partial charge >= 0.3 is 0 Å². The Balaban J connectivity index is 1.23. The predicted molar refractivity (Wildman–Crippen MR) is 157 cm³/mol. The lowest BCUT2D eigenvalue weighted by Gasteiger charge is -2.32. The monoisotopic (exact) mass is 525 g/mol. The fraction of sp³-hybridized carbons (Fsp3) is 0.364. The van der Waals surface area contributed by atoms with Crippen LogP contribution in [0.2, 0.25) is 0 Å². The van der Waals surface area contributed by atoms with Gasteiger partial charge in [-0.25, -0.2) is 0 Å². The van der Waals surface area contributed by atoms with E-state index in [1.165, 1.54) is 11.1 Å². The first-order valence-corrected chi connectivity index (χ1v) is 13.9. The Morgan fingerprint density at radius 3 is 2.44 bits per heavy atom. The summed E-state index contributed by atoms with van der Waals surface area (Å²) in [5.41, 5.74) is 5.29. The summed E-state index contributed by atoms with van der Waals surface area (Å²) in [5.74, 6) is 2.29. The molecular formula is C33H39N3O3. The number of hydrogen-bond acceptors (Lipinski definition) is 4. The number of para-hydroxylation sites is 2. The Kier molecular flexibility index (Phi) is 8.52. The lowest BCUT2D eigenvalue weighted by Crippen LogP contribution is -2.34. The number of aryl methyl sites for hydroxylation is 2. The molecule has 3 aromatic carbocycles. The van der Waals surface area contributed by atoms with Crippen LogP contribution in [0.4, 0.5) is 0 Å². The third-order valence-electron chi connectivity index (χ3n) is 7.90. The van der Waals surface area contributed by atoms with Gasteiger partial charge in [0.1, 0.15) is 11.5 Å². The summed E-state index contributed by atoms with van der Waals surface area (Å²) in [6, 6.07) is 22.6. The van der Waals surface area contributed by atoms with E-state index in [4.69, 9.17) is 9.47 Å². The van der Waals surface area contributed by atoms with Crippen LogP contribution in [-0.2, 0) is 13.1 Å². The van der Waals surface area contributed by atoms with E-state index in [0.717, 1.165) is 73.4 Å². The molecule has 5 rings (SSSR count). The standard InChI is InChI=1S/C33H39N3O3/c1-24-9-6-10-25(21-24)22-34-33(37)29-23-36(32-28(29)12-7-14-31(32)39-3)18-8-17-35-19-15-26(16-20-35)27-11-4-5-13-30(27)38-2/h4-7,9-14,21,23,26H,8,15-20,22H2,1-3H3,(H,34,37). The molecule has 2 heterocycles. The van der Waals surface area contributed by atoms with E-state index < -0.39 is 0 Å². The van der Waals surface area contributed by atoms with E-state index in [2.05, 4.69) is 52.0 Å². The van der Waals surface area contributed by atoms with Gasteiger partial charge in [-0.3, -0.25) is 4.79 Å². The average Bonchev–Trinajstić information content (AvgIpc) is 3.35. The van der Waals surface area contributed by atoms with Crippen LogP contribution in [0.25, 0.3) is 10.9 Å². The van der Waals surface area contributed by atoms with Crippen LogP contribution in [-0.4, -0.2) is 49.2 Å². The zero-order valence-corrected chi connectivity index (χ0v) is 23.3. The largest absolute Gasteiger partial charge is 0.496 e. The molecule has 4 aromatic rings. The number of likely N-dealkylation sites (tertiary alicyclic amines) is 1. The molecule has 0 bridgehead atoms. The van der Waals surface area contributed by atoms with Gasteiger partial charge in [0.2, 0.25) is 0 Å². The summed E-state index contributed by atoms with van der Waals surface area (Å²) in [5, 5.41) is 4.03. The molecule has 0 spiro atoms. The molecule has 1 aliphatic rings. The van der Waals surface area contributed by atoms with Crippen LogP contribution in [0.1, 0.15) is 52.2 Å². The van der Waals surface area contributed by atoms with E-state index in [1.54, 1.807) is 14.2 Å². The third kappa shape index (κ3) is 6.12. The number of aromatic nitrogens is 1. The second-order valence-corrected chi connectivity index (χ2v) is 10.5. The summed E-state index contributed by atoms with van der Waals surface area (Å²) in [4.78, 5) is 15.8. The molecule has 6 nitrogen and oxygen atoms in total. The molecule has 1 N–H and O–H groups in total. The van der Waals surface area contributed by atoms with Gasteiger partial charge in [-0.15, -0.1) is 0 Å². The highest BCUT2D eigenvalue weighted by atomic mass is 16.5. The van der Waals surface area contributed by atoms with Gasteiger partial charge in [0.05, 0.1) is 25.3 Å². The fourth-order valence-corrected chi connectivity index (χ4v) is 5.88. The van der Waals surface area contributed by atoms with Gasteiger partial charge in [-0.2, -0.15) is 0 Å². The second-order valence-electron chi connectivity index (χ2n) is 10.5. The summed E-state index contributed by atoms with van der Waals surface area (Å²) in [6.45, 7) is 6.60. The van der Waals surface area contributed by atoms with Gasteiger partial charge in [0.25, 0.3) is 5.91 Å². The number of piperidine rings is 1. The number of carbonyl (C=O) groups is 1. The number of nitrogens with one attached hydrogen (secondary N) is 1. The van der Waals surface area contributed by atoms with Gasteiger partial charge in [-0.1, -0.05) is 60.2 Å². The van der Waals surface area contributed by atoms with Crippen LogP contribution in [0.5, 0.6) is 11.5 Å². The maximum atomic E-state index is 13.3. The highest BCUT2D eigenvalue weighted by molar-refractivity contribution is 6.08. The first-order valence-electron chi connectivity index (χ1n) is 13.9. The van der Waals surface area contributed by atoms with Gasteiger partial charge in [-0.05, 0) is 75.0 Å². The van der Waals surface area contributed by atoms with Crippen molar-refractivity contribution in [2.75, 3.05) is 33.9 Å². The number of methoxy groups -OCH3 is 2. The zero-order valence-electron chi connectivity index (χ0n) is 23.3. The molecule has 39 heavy (non-hydrogen) atoms. The SMILES string of the molecule is COc1ccccc1C1CCN(CCCn2cc(C(=O)NCc3cccc(C)c3)c3cccc(OC)c32)CC1. The van der Waals surface area contributed by atoms with E-state index in [1.807, 2.05) is 42.6 Å². The molecular weight excluding hydrogens is 486 g/mol. The minimum Gasteiger partial charge on any atom is -0.496 e. The summed E-state index contributed by atoms with van der Waals surface area (Å²) in [7, 11) is 3.45. The van der Waals surface area contributed by atoms with Crippen molar-refractivity contribution in [2.24, 2.45) is 0 Å². The molecule has 6 heteroatoms. The molecule has 0 unspecified atom stereocenters. The van der Waals surface area contributed by atoms with Gasteiger partial charge in [0.15, 0.2) is 0 Å². The van der Waals surface area contributed by atoms with Crippen molar-refractivity contribution in [1.29, 1.82) is 0 Å². The van der Waals surface area contributed by atoms with Crippen molar-refractivity contribution >= 4 is 16.8 Å². The maximum absolute atomic E-state index is 13.3. The molecule has 1 fully saturated rings. The average molecular weight is 526 g/mol. The van der Waals surface area contributed by atoms with Gasteiger partial charge in [0, 0.05) is 24.7 Å². The summed E-state index contributed by atoms with van der Waals surface area (Å²) < 4.78 is 13.5. The quantitative estimate of drug-likeness (QED) is 0.269. The van der Waals surface area contributed by atoms with Crippen LogP contribution in [0, 0.1) is 6.92 Å². The van der Waals surface area contributed by atoms with Crippen LogP contribution < -0.4 is 14.8 Å². The lowest BCUT2D eigenvalue weighted by molar-refractivity contribution is 0.0952. The Morgan fingerprint density at radius 2 is 1.67 bits per heavy atom. The normalized spacial score (nSPS) is 14.4. The molecule has 204 valence electrons. The Bertz CT molecular complexity index is 1420. The summed E-state index contributed by atoms with van der Waals surface area (Å²) >= 11 is 0. The van der Waals surface area contributed by atoms with Crippen LogP contribution in [0.3, 0.4) is 0 Å². The van der Waals surface area contributed by atoms with Crippen molar-refractivity contribution in [1.82, 2.24) is 14.8 Å². The van der Waals surface area contributed by atoms with E-state index >= 15 is 0 Å². The molecule has 0 aliphatic carbocycles. The number of benzene rings is 3. The highest BCUT2D eigenvalue weighted by Crippen LogP contribution is 2.34. The van der Waals surface area contributed by atoms with E-state index in [9.17, 15) is 4.79 Å². The first-order chi connectivity index (χ1) is 19.1. The number of fused-ring (bicyclic) bond motifs is 1. The Morgan fingerprint density at radius 1 is 0.923 bits per heavy atom. The minimum absolute atomic E-state index is 0.0630. The van der Waals surface area contributed by atoms with E-state index in [0.29, 0.717) is 18.0 Å². The van der Waals surface area contributed by atoms with Crippen molar-refractivity contribution in [3.05, 3.63) is 95.2 Å². The molecule has 1 aliphatic heterocycles. The number of hydrogen-bond donors (Lipinski definition) is 1. The summed E-state index contributed by atoms with van der Waals surface area (Å²) in [6.07, 6.45) is 5.29. The number of nitrogens with zero attached hydrogens (tertiary/aromatic N) is 2. The van der Waals surface area contributed by atoms with Crippen molar-refractivity contribution < 1.29 is 14.3 Å². The topological polar surface area (TPSA) is 55.7 Å². The maximum Gasteiger partial charge on any atom is 0.253 e. The second kappa shape index (κ2) is 12.4. The van der Waals surface area contributed by atoms with Crippen molar-refractivity contribution in [3.8, 4) is 11.5 Å². The van der Waals surface area contributed by atoms with Crippen molar-refractivity contribution in [3.63, 3.8) is 0 Å². The molecule has 1 aromatic heterocycles. The third-order valence-corrected chi connectivity index (χ3v) is 7.90. The van der Waals surface area contributed by atoms with Crippen LogP contribution >= 0.6 is 0 Å². The molecule has 0 atom stereocenters. The molecule has 0 saturated carbocycles. The lowest BCUT2D eigenvalue weighted by atomic mass is 9.89. The smallest absolute Gasteiger partial charge is 0.253 e. The predicted octanol–water partition coefficient (Wildman–Crippen LogP) is 6.17. The van der Waals surface area contributed by atoms with Crippen molar-refractivity contribution in [2.45, 2.75) is 45.2 Å². The number of carbonyl (C=O) groups excluding carboxylic acids is 1. The molecule has 1 amide bonds. The number of rotatable bonds is 10.